The van der Waals surface area contributed by atoms with Crippen LogP contribution < -0.4 is 0 Å². The van der Waals surface area contributed by atoms with Gasteiger partial charge in [-0.15, -0.1) is 59.2 Å². The molecule has 8 rings (SSSR count). The topological polar surface area (TPSA) is 25.8 Å². The van der Waals surface area contributed by atoms with Gasteiger partial charge in [-0.05, 0) is 67.0 Å². The first-order chi connectivity index (χ1) is 18.8. The van der Waals surface area contributed by atoms with Gasteiger partial charge in [-0.3, -0.25) is 0 Å². The predicted molar refractivity (Wildman–Crippen MR) is 156 cm³/mol. The molecule has 2 aliphatic rings. The van der Waals surface area contributed by atoms with Crippen molar-refractivity contribution in [1.29, 1.82) is 0 Å². The van der Waals surface area contributed by atoms with Crippen LogP contribution in [0.15, 0.2) is 91.3 Å². The van der Waals surface area contributed by atoms with E-state index in [4.69, 9.17) is 0 Å². The van der Waals surface area contributed by atoms with E-state index in [2.05, 4.69) is 98.3 Å². The van der Waals surface area contributed by atoms with E-state index in [1.807, 2.05) is 24.4 Å². The molecule has 199 valence electrons. The molecular formula is C36H27FIrN2-2. The first kappa shape index (κ1) is 26.5. The van der Waals surface area contributed by atoms with Crippen LogP contribution in [0.3, 0.4) is 0 Å². The fraction of sp³-hybridized carbons (Fsp3) is 0.167. The second kappa shape index (κ2) is 9.44. The van der Waals surface area contributed by atoms with Crippen molar-refractivity contribution < 1.29 is 24.5 Å². The average molecular weight is 699 g/mol. The molecule has 0 unspecified atom stereocenters. The maximum atomic E-state index is 14.4. The Bertz CT molecular complexity index is 1930. The van der Waals surface area contributed by atoms with Crippen molar-refractivity contribution in [3.8, 4) is 22.5 Å². The third kappa shape index (κ3) is 3.70. The van der Waals surface area contributed by atoms with E-state index in [0.29, 0.717) is 5.56 Å². The van der Waals surface area contributed by atoms with Gasteiger partial charge < -0.3 is 9.97 Å². The maximum Gasteiger partial charge on any atom is 0.0459 e. The van der Waals surface area contributed by atoms with Crippen molar-refractivity contribution in [1.82, 2.24) is 9.97 Å². The van der Waals surface area contributed by atoms with Gasteiger partial charge in [0.1, 0.15) is 0 Å². The number of fused-ring (bicyclic) bond motifs is 4. The summed E-state index contributed by atoms with van der Waals surface area (Å²) in [5.74, 6) is -0.183. The average Bonchev–Trinajstić information content (AvgIpc) is 2.95. The van der Waals surface area contributed by atoms with E-state index in [9.17, 15) is 4.39 Å². The number of halogens is 1. The second-order valence-electron chi connectivity index (χ2n) is 11.4. The molecule has 6 aromatic rings. The van der Waals surface area contributed by atoms with E-state index < -0.39 is 0 Å². The molecule has 2 aromatic heterocycles. The molecule has 2 nitrogen and oxygen atoms in total. The number of pyridine rings is 2. The van der Waals surface area contributed by atoms with Crippen molar-refractivity contribution >= 4 is 21.5 Å². The zero-order valence-corrected chi connectivity index (χ0v) is 25.2. The number of benzene rings is 4. The van der Waals surface area contributed by atoms with Crippen molar-refractivity contribution in [2.24, 2.45) is 0 Å². The predicted octanol–water partition coefficient (Wildman–Crippen LogP) is 8.82. The molecule has 40 heavy (non-hydrogen) atoms. The first-order valence-corrected chi connectivity index (χ1v) is 13.3. The van der Waals surface area contributed by atoms with E-state index in [1.165, 1.54) is 28.0 Å². The minimum Gasteiger partial charge on any atom is -0.304 e. The summed E-state index contributed by atoms with van der Waals surface area (Å²) in [5.41, 5.74) is 7.97. The number of nitrogens with zero attached hydrogens (tertiary/aromatic N) is 2. The summed E-state index contributed by atoms with van der Waals surface area (Å²) in [6.07, 6.45) is 3.67. The van der Waals surface area contributed by atoms with E-state index in [-0.39, 0.29) is 36.8 Å². The molecule has 0 saturated carbocycles. The molecule has 0 fully saturated rings. The van der Waals surface area contributed by atoms with Crippen LogP contribution in [0.5, 0.6) is 0 Å². The van der Waals surface area contributed by atoms with Crippen LogP contribution in [0.25, 0.3) is 44.1 Å². The van der Waals surface area contributed by atoms with E-state index in [0.717, 1.165) is 38.9 Å². The fourth-order valence-electron chi connectivity index (χ4n) is 6.59. The molecule has 1 radical (unpaired) electrons. The standard InChI is InChI=1S/C18H13FN.C18H14N.Ir/c1-18(2)13-7-3-5-11-9-10-20-17(15(11)13)12-6-4-8-14(19)16(12)18;1-18(2)14-8-4-3-7-13(14)17-16-12(10-11-19-17)6-5-9-15(16)18;/h3-5,7-10H,1-2H3;3-6,8-11H,1-2H3;/q2*-1;. The molecule has 0 amide bonds. The molecule has 0 saturated heterocycles. The molecule has 2 aliphatic carbocycles. The summed E-state index contributed by atoms with van der Waals surface area (Å²) in [6.45, 7) is 8.69. The van der Waals surface area contributed by atoms with Crippen LogP contribution in [0.1, 0.15) is 49.9 Å². The summed E-state index contributed by atoms with van der Waals surface area (Å²) < 4.78 is 14.4. The summed E-state index contributed by atoms with van der Waals surface area (Å²) in [7, 11) is 0. The van der Waals surface area contributed by atoms with Gasteiger partial charge in [0.2, 0.25) is 0 Å². The Balaban J connectivity index is 0.000000141. The minimum absolute atomic E-state index is 0. The molecule has 0 aliphatic heterocycles. The zero-order chi connectivity index (χ0) is 26.9. The normalized spacial score (nSPS) is 14.8. The molecule has 0 N–H and O–H groups in total. The molecule has 0 spiro atoms. The van der Waals surface area contributed by atoms with Gasteiger partial charge in [-0.25, -0.2) is 4.39 Å². The summed E-state index contributed by atoms with van der Waals surface area (Å²) >= 11 is 0. The number of hydrogen-bond donors (Lipinski definition) is 0. The number of rotatable bonds is 0. The van der Waals surface area contributed by atoms with Crippen LogP contribution >= 0.6 is 0 Å². The van der Waals surface area contributed by atoms with Gasteiger partial charge in [0.15, 0.2) is 0 Å². The Hall–Kier alpha value is -3.72. The van der Waals surface area contributed by atoms with Gasteiger partial charge in [-0.1, -0.05) is 69.7 Å². The first-order valence-electron chi connectivity index (χ1n) is 13.3. The molecule has 4 aromatic carbocycles. The Kier molecular flexibility index (Phi) is 6.25. The fourth-order valence-corrected chi connectivity index (χ4v) is 6.59. The van der Waals surface area contributed by atoms with Crippen LogP contribution in [0, 0.1) is 17.9 Å². The molecular weight excluding hydrogens is 672 g/mol. The molecule has 0 bridgehead atoms. The summed E-state index contributed by atoms with van der Waals surface area (Å²) in [6, 6.07) is 32.7. The SMILES string of the molecule is CC1(C)c2c([c-]ccc2F)-c2nccc3cccc1c23.CC1(C)c2ccc[c-]c2-c2nccc3cccc1c23.[Ir]. The zero-order valence-electron chi connectivity index (χ0n) is 22.8. The van der Waals surface area contributed by atoms with Gasteiger partial charge in [0.05, 0.1) is 0 Å². The maximum absolute atomic E-state index is 14.4. The van der Waals surface area contributed by atoms with Crippen LogP contribution in [-0.2, 0) is 30.9 Å². The molecule has 2 heterocycles. The third-order valence-electron chi connectivity index (χ3n) is 8.50. The quantitative estimate of drug-likeness (QED) is 0.148. The Morgan fingerprint density at radius 1 is 0.600 bits per heavy atom. The molecule has 4 heteroatoms. The van der Waals surface area contributed by atoms with Gasteiger partial charge in [0, 0.05) is 38.3 Å². The Morgan fingerprint density at radius 2 is 1.15 bits per heavy atom. The van der Waals surface area contributed by atoms with Gasteiger partial charge in [0.25, 0.3) is 0 Å². The monoisotopic (exact) mass is 699 g/mol. The van der Waals surface area contributed by atoms with Crippen molar-refractivity contribution in [2.45, 2.75) is 38.5 Å². The van der Waals surface area contributed by atoms with Crippen molar-refractivity contribution in [2.75, 3.05) is 0 Å². The van der Waals surface area contributed by atoms with Crippen molar-refractivity contribution in [3.63, 3.8) is 0 Å². The third-order valence-corrected chi connectivity index (χ3v) is 8.50. The van der Waals surface area contributed by atoms with Crippen molar-refractivity contribution in [3.05, 3.63) is 131 Å². The second-order valence-corrected chi connectivity index (χ2v) is 11.4. The van der Waals surface area contributed by atoms with Crippen LogP contribution in [0.4, 0.5) is 4.39 Å². The van der Waals surface area contributed by atoms with E-state index >= 15 is 0 Å². The number of hydrogen-bond acceptors (Lipinski definition) is 2. The largest absolute Gasteiger partial charge is 0.304 e. The van der Waals surface area contributed by atoms with Crippen LogP contribution in [0.2, 0.25) is 0 Å². The summed E-state index contributed by atoms with van der Waals surface area (Å²) in [4.78, 5) is 9.10. The Morgan fingerprint density at radius 3 is 1.80 bits per heavy atom. The van der Waals surface area contributed by atoms with Crippen LogP contribution in [-0.4, -0.2) is 9.97 Å². The minimum atomic E-state index is -0.382. The smallest absolute Gasteiger partial charge is 0.0459 e. The van der Waals surface area contributed by atoms with Gasteiger partial charge in [-0.2, -0.15) is 0 Å². The summed E-state index contributed by atoms with van der Waals surface area (Å²) in [5, 5.41) is 4.81. The van der Waals surface area contributed by atoms with Gasteiger partial charge >= 0.3 is 0 Å². The van der Waals surface area contributed by atoms with E-state index in [1.54, 1.807) is 12.3 Å². The Labute approximate surface area is 247 Å². The molecule has 0 atom stereocenters. The number of aromatic nitrogens is 2.